The minimum atomic E-state index is -0.865. The second kappa shape index (κ2) is 4.17. The van der Waals surface area contributed by atoms with Crippen LogP contribution in [0, 0.1) is 6.92 Å². The van der Waals surface area contributed by atoms with E-state index >= 15 is 0 Å². The first kappa shape index (κ1) is 11.0. The molecular formula is C11H11NO3S. The Bertz CT molecular complexity index is 470. The van der Waals surface area contributed by atoms with Crippen LogP contribution in [0.25, 0.3) is 0 Å². The summed E-state index contributed by atoms with van der Waals surface area (Å²) >= 11 is 1.19. The Kier molecular flexibility index (Phi) is 2.87. The number of hydrogen-bond acceptors (Lipinski definition) is 4. The fourth-order valence-corrected chi connectivity index (χ4v) is 2.43. The van der Waals surface area contributed by atoms with E-state index in [0.29, 0.717) is 10.6 Å². The lowest BCUT2D eigenvalue weighted by atomic mass is 10.1. The van der Waals surface area contributed by atoms with E-state index in [4.69, 9.17) is 5.11 Å². The minimum Gasteiger partial charge on any atom is -0.507 e. The van der Waals surface area contributed by atoms with Gasteiger partial charge in [0.2, 0.25) is 0 Å². The van der Waals surface area contributed by atoms with Crippen LogP contribution < -0.4 is 0 Å². The van der Waals surface area contributed by atoms with E-state index in [9.17, 15) is 9.90 Å². The second-order valence-corrected chi connectivity index (χ2v) is 4.80. The van der Waals surface area contributed by atoms with Crippen LogP contribution in [0.2, 0.25) is 0 Å². The quantitative estimate of drug-likeness (QED) is 0.820. The Balaban J connectivity index is 2.27. The van der Waals surface area contributed by atoms with Gasteiger partial charge in [-0.1, -0.05) is 23.4 Å². The first-order chi connectivity index (χ1) is 7.58. The number of aromatic hydroxyl groups is 1. The van der Waals surface area contributed by atoms with E-state index in [1.165, 1.54) is 11.8 Å². The van der Waals surface area contributed by atoms with Crippen molar-refractivity contribution in [3.63, 3.8) is 0 Å². The number of benzene rings is 1. The number of phenols is 1. The van der Waals surface area contributed by atoms with Gasteiger partial charge in [-0.2, -0.15) is 0 Å². The fourth-order valence-electron chi connectivity index (χ4n) is 1.47. The highest BCUT2D eigenvalue weighted by Gasteiger charge is 2.27. The molecule has 84 valence electrons. The van der Waals surface area contributed by atoms with Gasteiger partial charge in [0.25, 0.3) is 0 Å². The molecule has 1 aliphatic heterocycles. The number of thioether (sulfide) groups is 1. The van der Waals surface area contributed by atoms with Crippen molar-refractivity contribution in [3.8, 4) is 5.75 Å². The molecule has 0 amide bonds. The maximum Gasteiger partial charge on any atom is 0.318 e. The molecule has 1 aromatic rings. The molecule has 1 aliphatic rings. The topological polar surface area (TPSA) is 69.9 Å². The molecule has 0 saturated heterocycles. The summed E-state index contributed by atoms with van der Waals surface area (Å²) in [6.07, 6.45) is 0. The maximum absolute atomic E-state index is 10.8. The molecular weight excluding hydrogens is 226 g/mol. The van der Waals surface area contributed by atoms with E-state index in [2.05, 4.69) is 4.99 Å². The van der Waals surface area contributed by atoms with Crippen molar-refractivity contribution >= 4 is 22.8 Å². The van der Waals surface area contributed by atoms with Crippen molar-refractivity contribution in [3.05, 3.63) is 29.3 Å². The van der Waals surface area contributed by atoms with Gasteiger partial charge in [0, 0.05) is 5.56 Å². The van der Waals surface area contributed by atoms with Crippen LogP contribution in [0.15, 0.2) is 23.2 Å². The van der Waals surface area contributed by atoms with E-state index in [1.807, 2.05) is 13.0 Å². The molecule has 0 fully saturated rings. The lowest BCUT2D eigenvalue weighted by molar-refractivity contribution is -0.136. The number of rotatable bonds is 2. The van der Waals surface area contributed by atoms with E-state index in [0.717, 1.165) is 5.56 Å². The van der Waals surface area contributed by atoms with Crippen molar-refractivity contribution in [1.82, 2.24) is 0 Å². The first-order valence-electron chi connectivity index (χ1n) is 4.82. The highest BCUT2D eigenvalue weighted by atomic mass is 32.2. The van der Waals surface area contributed by atoms with Gasteiger partial charge in [-0.3, -0.25) is 9.79 Å². The molecule has 0 aliphatic carbocycles. The predicted octanol–water partition coefficient (Wildman–Crippen LogP) is 1.65. The number of aryl methyl sites for hydroxylation is 1. The number of carboxylic acid groups (broad SMARTS) is 1. The Labute approximate surface area is 97.0 Å². The maximum atomic E-state index is 10.8. The molecule has 1 unspecified atom stereocenters. The Hall–Kier alpha value is -1.49. The molecule has 2 N–H and O–H groups in total. The summed E-state index contributed by atoms with van der Waals surface area (Å²) in [7, 11) is 0. The molecule has 0 spiro atoms. The Morgan fingerprint density at radius 2 is 2.31 bits per heavy atom. The Morgan fingerprint density at radius 1 is 1.56 bits per heavy atom. The number of aliphatic carboxylic acids is 1. The van der Waals surface area contributed by atoms with Crippen LogP contribution in [0.5, 0.6) is 5.75 Å². The first-order valence-corrected chi connectivity index (χ1v) is 5.70. The Morgan fingerprint density at radius 3 is 2.94 bits per heavy atom. The zero-order valence-electron chi connectivity index (χ0n) is 8.67. The summed E-state index contributed by atoms with van der Waals surface area (Å²) in [5.41, 5.74) is 1.63. The smallest absolute Gasteiger partial charge is 0.318 e. The minimum absolute atomic E-state index is 0.142. The van der Waals surface area contributed by atoms with Gasteiger partial charge in [-0.05, 0) is 19.1 Å². The molecule has 1 heterocycles. The van der Waals surface area contributed by atoms with Crippen LogP contribution in [-0.4, -0.2) is 33.0 Å². The van der Waals surface area contributed by atoms with Crippen LogP contribution in [0.1, 0.15) is 11.1 Å². The monoisotopic (exact) mass is 237 g/mol. The van der Waals surface area contributed by atoms with Crippen LogP contribution in [-0.2, 0) is 4.79 Å². The third kappa shape index (κ3) is 2.04. The molecule has 2 rings (SSSR count). The number of phenolic OH excluding ortho intramolecular Hbond substituents is 1. The molecule has 4 nitrogen and oxygen atoms in total. The summed E-state index contributed by atoms with van der Waals surface area (Å²) in [6, 6.07) is 5.21. The number of nitrogens with zero attached hydrogens (tertiary/aromatic N) is 1. The number of carboxylic acids is 1. The van der Waals surface area contributed by atoms with Crippen LogP contribution >= 0.6 is 11.8 Å². The summed E-state index contributed by atoms with van der Waals surface area (Å²) in [5.74, 6) is -0.723. The highest BCUT2D eigenvalue weighted by molar-refractivity contribution is 8.15. The van der Waals surface area contributed by atoms with Crippen molar-refractivity contribution in [1.29, 1.82) is 0 Å². The SMILES string of the molecule is Cc1ccc(O)c(C2=NCC(C(=O)O)S2)c1. The summed E-state index contributed by atoms with van der Waals surface area (Å²) in [5, 5.41) is 18.6. The van der Waals surface area contributed by atoms with Crippen molar-refractivity contribution < 1.29 is 15.0 Å². The van der Waals surface area contributed by atoms with Crippen LogP contribution in [0.3, 0.4) is 0 Å². The average Bonchev–Trinajstić information content (AvgIpc) is 2.70. The third-order valence-electron chi connectivity index (χ3n) is 2.31. The van der Waals surface area contributed by atoms with E-state index < -0.39 is 11.2 Å². The van der Waals surface area contributed by atoms with Crippen molar-refractivity contribution in [2.24, 2.45) is 4.99 Å². The van der Waals surface area contributed by atoms with Gasteiger partial charge < -0.3 is 10.2 Å². The van der Waals surface area contributed by atoms with Gasteiger partial charge in [-0.15, -0.1) is 0 Å². The van der Waals surface area contributed by atoms with E-state index in [-0.39, 0.29) is 12.3 Å². The van der Waals surface area contributed by atoms with Gasteiger partial charge in [0.15, 0.2) is 0 Å². The molecule has 0 radical (unpaired) electrons. The van der Waals surface area contributed by atoms with Gasteiger partial charge >= 0.3 is 5.97 Å². The molecule has 5 heteroatoms. The molecule has 16 heavy (non-hydrogen) atoms. The number of hydrogen-bond donors (Lipinski definition) is 2. The lowest BCUT2D eigenvalue weighted by Crippen LogP contribution is -2.16. The largest absolute Gasteiger partial charge is 0.507 e. The highest BCUT2D eigenvalue weighted by Crippen LogP contribution is 2.30. The predicted molar refractivity (Wildman–Crippen MR) is 63.3 cm³/mol. The fraction of sp³-hybridized carbons (Fsp3) is 0.273. The average molecular weight is 237 g/mol. The molecule has 0 saturated carbocycles. The standard InChI is InChI=1S/C11H11NO3S/c1-6-2-3-8(13)7(4-6)10-12-5-9(16-10)11(14)15/h2-4,9,13H,5H2,1H3,(H,14,15). The second-order valence-electron chi connectivity index (χ2n) is 3.61. The summed E-state index contributed by atoms with van der Waals surface area (Å²) in [4.78, 5) is 14.9. The summed E-state index contributed by atoms with van der Waals surface area (Å²) < 4.78 is 0. The van der Waals surface area contributed by atoms with Crippen molar-refractivity contribution in [2.45, 2.75) is 12.2 Å². The molecule has 1 aromatic carbocycles. The van der Waals surface area contributed by atoms with Crippen LogP contribution in [0.4, 0.5) is 0 Å². The number of aliphatic imine (C=N–C) groups is 1. The zero-order valence-corrected chi connectivity index (χ0v) is 9.49. The van der Waals surface area contributed by atoms with Gasteiger partial charge in [0.05, 0.1) is 6.54 Å². The molecule has 0 aromatic heterocycles. The third-order valence-corrected chi connectivity index (χ3v) is 3.52. The normalized spacial score (nSPS) is 19.6. The molecule has 1 atom stereocenters. The lowest BCUT2D eigenvalue weighted by Gasteiger charge is -2.05. The molecule has 0 bridgehead atoms. The summed E-state index contributed by atoms with van der Waals surface area (Å²) in [6.45, 7) is 2.18. The van der Waals surface area contributed by atoms with Gasteiger partial charge in [-0.25, -0.2) is 0 Å². The van der Waals surface area contributed by atoms with Gasteiger partial charge in [0.1, 0.15) is 16.0 Å². The zero-order chi connectivity index (χ0) is 11.7. The number of carbonyl (C=O) groups is 1. The van der Waals surface area contributed by atoms with E-state index in [1.54, 1.807) is 12.1 Å². The van der Waals surface area contributed by atoms with Crippen molar-refractivity contribution in [2.75, 3.05) is 6.54 Å².